The van der Waals surface area contributed by atoms with Crippen LogP contribution in [0.1, 0.15) is 23.2 Å². The highest BCUT2D eigenvalue weighted by atomic mass is 35.5. The molecule has 0 radical (unpaired) electrons. The predicted octanol–water partition coefficient (Wildman–Crippen LogP) is 1.27. The number of carbonyl (C=O) groups excluding carboxylic acids is 2. The second-order valence-electron chi connectivity index (χ2n) is 4.47. The minimum absolute atomic E-state index is 0.156. The van der Waals surface area contributed by atoms with Gasteiger partial charge in [0.15, 0.2) is 0 Å². The van der Waals surface area contributed by atoms with E-state index in [0.29, 0.717) is 23.7 Å². The molecule has 19 heavy (non-hydrogen) atoms. The quantitative estimate of drug-likeness (QED) is 0.802. The van der Waals surface area contributed by atoms with Crippen molar-refractivity contribution in [3.05, 3.63) is 28.8 Å². The molecule has 2 rings (SSSR count). The maximum Gasteiger partial charge on any atom is 0.258 e. The number of nitrogens with one attached hydrogen (secondary N) is 1. The number of benzene rings is 1. The lowest BCUT2D eigenvalue weighted by atomic mass is 10.1. The summed E-state index contributed by atoms with van der Waals surface area (Å²) in [5.41, 5.74) is 6.42. The van der Waals surface area contributed by atoms with E-state index in [2.05, 4.69) is 5.32 Å². The van der Waals surface area contributed by atoms with Crippen molar-refractivity contribution in [2.75, 3.05) is 19.3 Å². The SMILES string of the molecule is CNC(=O)C1CCCN1C(=O)c1c(N)cccc1Cl. The molecule has 1 unspecified atom stereocenters. The second-order valence-corrected chi connectivity index (χ2v) is 4.88. The number of amides is 2. The van der Waals surface area contributed by atoms with Crippen LogP contribution in [-0.4, -0.2) is 36.3 Å². The van der Waals surface area contributed by atoms with Gasteiger partial charge in [0.25, 0.3) is 5.91 Å². The number of hydrogen-bond donors (Lipinski definition) is 2. The van der Waals surface area contributed by atoms with Gasteiger partial charge in [-0.2, -0.15) is 0 Å². The van der Waals surface area contributed by atoms with Crippen molar-refractivity contribution in [3.8, 4) is 0 Å². The number of nitrogens with zero attached hydrogens (tertiary/aromatic N) is 1. The summed E-state index contributed by atoms with van der Waals surface area (Å²) in [5.74, 6) is -0.439. The van der Waals surface area contributed by atoms with Crippen LogP contribution in [0.25, 0.3) is 0 Å². The Morgan fingerprint density at radius 2 is 2.21 bits per heavy atom. The van der Waals surface area contributed by atoms with Gasteiger partial charge in [-0.3, -0.25) is 9.59 Å². The summed E-state index contributed by atoms with van der Waals surface area (Å²) >= 11 is 6.04. The summed E-state index contributed by atoms with van der Waals surface area (Å²) in [4.78, 5) is 25.8. The lowest BCUT2D eigenvalue weighted by Gasteiger charge is -2.24. The first kappa shape index (κ1) is 13.7. The lowest BCUT2D eigenvalue weighted by Crippen LogP contribution is -2.45. The van der Waals surface area contributed by atoms with E-state index in [1.54, 1.807) is 25.2 Å². The van der Waals surface area contributed by atoms with Crippen molar-refractivity contribution < 1.29 is 9.59 Å². The first-order valence-electron chi connectivity index (χ1n) is 6.12. The molecule has 0 spiro atoms. The molecule has 5 nitrogen and oxygen atoms in total. The number of anilines is 1. The zero-order valence-corrected chi connectivity index (χ0v) is 11.4. The van der Waals surface area contributed by atoms with Crippen LogP contribution < -0.4 is 11.1 Å². The van der Waals surface area contributed by atoms with Crippen molar-refractivity contribution in [2.45, 2.75) is 18.9 Å². The fourth-order valence-electron chi connectivity index (χ4n) is 2.36. The molecule has 1 aliphatic rings. The molecule has 1 aliphatic heterocycles. The van der Waals surface area contributed by atoms with Crippen LogP contribution in [0, 0.1) is 0 Å². The van der Waals surface area contributed by atoms with Gasteiger partial charge in [-0.1, -0.05) is 17.7 Å². The summed E-state index contributed by atoms with van der Waals surface area (Å²) in [6.07, 6.45) is 1.46. The molecular formula is C13H16ClN3O2. The minimum Gasteiger partial charge on any atom is -0.398 e. The Morgan fingerprint density at radius 1 is 1.47 bits per heavy atom. The van der Waals surface area contributed by atoms with Crippen molar-refractivity contribution in [1.82, 2.24) is 10.2 Å². The molecule has 2 amide bonds. The van der Waals surface area contributed by atoms with Crippen LogP contribution in [0.4, 0.5) is 5.69 Å². The highest BCUT2D eigenvalue weighted by Gasteiger charge is 2.35. The molecule has 1 fully saturated rings. The Hall–Kier alpha value is -1.75. The summed E-state index contributed by atoms with van der Waals surface area (Å²) in [6, 6.07) is 4.50. The zero-order valence-electron chi connectivity index (χ0n) is 10.6. The number of likely N-dealkylation sites (tertiary alicyclic amines) is 1. The minimum atomic E-state index is -0.437. The molecule has 1 saturated heterocycles. The molecule has 0 aliphatic carbocycles. The Labute approximate surface area is 116 Å². The van der Waals surface area contributed by atoms with Crippen LogP contribution in [0.2, 0.25) is 5.02 Å². The molecule has 1 aromatic rings. The van der Waals surface area contributed by atoms with Gasteiger partial charge in [0, 0.05) is 19.3 Å². The standard InChI is InChI=1S/C13H16ClN3O2/c1-16-12(18)10-6-3-7-17(10)13(19)11-8(14)4-2-5-9(11)15/h2,4-5,10H,3,6-7,15H2,1H3,(H,16,18). The van der Waals surface area contributed by atoms with Crippen molar-refractivity contribution >= 4 is 29.1 Å². The first-order valence-corrected chi connectivity index (χ1v) is 6.50. The molecule has 1 heterocycles. The van der Waals surface area contributed by atoms with Crippen molar-refractivity contribution in [2.24, 2.45) is 0 Å². The number of carbonyl (C=O) groups is 2. The van der Waals surface area contributed by atoms with Crippen LogP contribution in [0.3, 0.4) is 0 Å². The number of likely N-dealkylation sites (N-methyl/N-ethyl adjacent to an activating group) is 1. The van der Waals surface area contributed by atoms with Gasteiger partial charge in [-0.25, -0.2) is 0 Å². The van der Waals surface area contributed by atoms with E-state index >= 15 is 0 Å². The molecule has 102 valence electrons. The van der Waals surface area contributed by atoms with Crippen LogP contribution in [-0.2, 0) is 4.79 Å². The smallest absolute Gasteiger partial charge is 0.258 e. The third kappa shape index (κ3) is 2.51. The molecule has 6 heteroatoms. The summed E-state index contributed by atoms with van der Waals surface area (Å²) < 4.78 is 0. The Kier molecular flexibility index (Phi) is 3.95. The van der Waals surface area contributed by atoms with E-state index in [0.717, 1.165) is 6.42 Å². The van der Waals surface area contributed by atoms with Gasteiger partial charge in [0.05, 0.1) is 10.6 Å². The highest BCUT2D eigenvalue weighted by Crippen LogP contribution is 2.27. The maximum absolute atomic E-state index is 12.5. The Morgan fingerprint density at radius 3 is 2.84 bits per heavy atom. The molecule has 1 aromatic carbocycles. The molecule has 3 N–H and O–H groups in total. The van der Waals surface area contributed by atoms with E-state index in [-0.39, 0.29) is 17.4 Å². The van der Waals surface area contributed by atoms with E-state index in [4.69, 9.17) is 17.3 Å². The number of hydrogen-bond acceptors (Lipinski definition) is 3. The molecule has 1 atom stereocenters. The number of nitrogens with two attached hydrogens (primary N) is 1. The van der Waals surface area contributed by atoms with Crippen molar-refractivity contribution in [3.63, 3.8) is 0 Å². The van der Waals surface area contributed by atoms with Gasteiger partial charge in [0.1, 0.15) is 6.04 Å². The number of halogens is 1. The predicted molar refractivity (Wildman–Crippen MR) is 74.0 cm³/mol. The van der Waals surface area contributed by atoms with E-state index in [1.165, 1.54) is 4.90 Å². The van der Waals surface area contributed by atoms with Gasteiger partial charge in [-0.05, 0) is 25.0 Å². The molecule has 0 bridgehead atoms. The van der Waals surface area contributed by atoms with Crippen LogP contribution in [0.5, 0.6) is 0 Å². The topological polar surface area (TPSA) is 75.4 Å². The third-order valence-electron chi connectivity index (χ3n) is 3.32. The summed E-state index contributed by atoms with van der Waals surface area (Å²) in [6.45, 7) is 0.543. The number of rotatable bonds is 2. The Balaban J connectivity index is 2.31. The fourth-order valence-corrected chi connectivity index (χ4v) is 2.62. The first-order chi connectivity index (χ1) is 9.06. The highest BCUT2D eigenvalue weighted by molar-refractivity contribution is 6.34. The van der Waals surface area contributed by atoms with Gasteiger partial charge < -0.3 is 16.0 Å². The summed E-state index contributed by atoms with van der Waals surface area (Å²) in [7, 11) is 1.56. The largest absolute Gasteiger partial charge is 0.398 e. The van der Waals surface area contributed by atoms with E-state index in [9.17, 15) is 9.59 Å². The Bertz CT molecular complexity index is 498. The molecule has 0 aromatic heterocycles. The van der Waals surface area contributed by atoms with Gasteiger partial charge >= 0.3 is 0 Å². The lowest BCUT2D eigenvalue weighted by molar-refractivity contribution is -0.124. The van der Waals surface area contributed by atoms with Gasteiger partial charge in [-0.15, -0.1) is 0 Å². The molecular weight excluding hydrogens is 266 g/mol. The second kappa shape index (κ2) is 5.48. The van der Waals surface area contributed by atoms with Crippen LogP contribution in [0.15, 0.2) is 18.2 Å². The molecule has 0 saturated carbocycles. The van der Waals surface area contributed by atoms with Crippen LogP contribution >= 0.6 is 11.6 Å². The van der Waals surface area contributed by atoms with Gasteiger partial charge in [0.2, 0.25) is 5.91 Å². The maximum atomic E-state index is 12.5. The summed E-state index contributed by atoms with van der Waals surface area (Å²) in [5, 5.41) is 2.89. The normalized spacial score (nSPS) is 18.4. The fraction of sp³-hybridized carbons (Fsp3) is 0.385. The van der Waals surface area contributed by atoms with Crippen molar-refractivity contribution in [1.29, 1.82) is 0 Å². The average Bonchev–Trinajstić information content (AvgIpc) is 2.86. The van der Waals surface area contributed by atoms with E-state index in [1.807, 2.05) is 0 Å². The monoisotopic (exact) mass is 281 g/mol. The zero-order chi connectivity index (χ0) is 14.0. The third-order valence-corrected chi connectivity index (χ3v) is 3.64. The number of nitrogen functional groups attached to an aromatic ring is 1. The average molecular weight is 282 g/mol. The van der Waals surface area contributed by atoms with E-state index < -0.39 is 6.04 Å².